The Morgan fingerprint density at radius 3 is 2.64 bits per heavy atom. The maximum absolute atomic E-state index is 13.7. The molecule has 2 aliphatic rings. The number of nitrogens with zero attached hydrogens (tertiary/aromatic N) is 3. The summed E-state index contributed by atoms with van der Waals surface area (Å²) in [6.07, 6.45) is 5.72. The zero-order valence-electron chi connectivity index (χ0n) is 25.2. The van der Waals surface area contributed by atoms with Crippen LogP contribution in [0, 0.1) is 5.92 Å². The van der Waals surface area contributed by atoms with Crippen molar-refractivity contribution in [2.45, 2.75) is 45.1 Å². The first-order chi connectivity index (χ1) is 21.2. The Morgan fingerprint density at radius 1 is 1.09 bits per heavy atom. The quantitative estimate of drug-likeness (QED) is 0.352. The molecule has 10 nitrogen and oxygen atoms in total. The number of hydrogen-bond donors (Lipinski definition) is 1. The van der Waals surface area contributed by atoms with Crippen LogP contribution in [-0.2, 0) is 25.5 Å². The van der Waals surface area contributed by atoms with Gasteiger partial charge < -0.3 is 24.4 Å². The maximum Gasteiger partial charge on any atom is 0.309 e. The fourth-order valence-corrected chi connectivity index (χ4v) is 5.94. The molecule has 0 radical (unpaired) electrons. The molecular formula is C33H35ClN4O6. The van der Waals surface area contributed by atoms with Gasteiger partial charge in [-0.05, 0) is 54.2 Å². The number of fused-ring (bicyclic) bond motifs is 4. The zero-order valence-corrected chi connectivity index (χ0v) is 25.9. The van der Waals surface area contributed by atoms with Crippen LogP contribution < -0.4 is 14.8 Å². The van der Waals surface area contributed by atoms with Crippen LogP contribution >= 0.6 is 11.6 Å². The summed E-state index contributed by atoms with van der Waals surface area (Å²) in [6.45, 7) is 2.32. The van der Waals surface area contributed by atoms with Crippen LogP contribution in [0.2, 0.25) is 5.02 Å². The van der Waals surface area contributed by atoms with Crippen LogP contribution in [0.4, 0.5) is 5.69 Å². The van der Waals surface area contributed by atoms with Crippen molar-refractivity contribution in [1.82, 2.24) is 14.9 Å². The van der Waals surface area contributed by atoms with Gasteiger partial charge in [-0.3, -0.25) is 19.4 Å². The number of pyridine rings is 2. The second-order valence-electron chi connectivity index (χ2n) is 10.9. The molecule has 44 heavy (non-hydrogen) atoms. The second kappa shape index (κ2) is 13.5. The number of ether oxygens (including phenoxy) is 3. The molecule has 0 unspecified atom stereocenters. The number of aromatic nitrogens is 2. The molecule has 1 N–H and O–H groups in total. The van der Waals surface area contributed by atoms with Gasteiger partial charge in [-0.1, -0.05) is 37.1 Å². The van der Waals surface area contributed by atoms with Crippen molar-refractivity contribution < 1.29 is 28.6 Å². The van der Waals surface area contributed by atoms with Crippen molar-refractivity contribution in [3.8, 4) is 22.8 Å². The molecule has 230 valence electrons. The number of carbonyl (C=O) groups is 3. The highest BCUT2D eigenvalue weighted by Crippen LogP contribution is 2.39. The van der Waals surface area contributed by atoms with Crippen LogP contribution in [0.5, 0.6) is 11.6 Å². The van der Waals surface area contributed by atoms with E-state index in [1.165, 1.54) is 14.2 Å². The Balaban J connectivity index is 1.57. The number of hydrogen-bond acceptors (Lipinski definition) is 8. The molecule has 0 spiro atoms. The molecule has 0 saturated carbocycles. The number of halogens is 1. The van der Waals surface area contributed by atoms with Crippen LogP contribution in [0.15, 0.2) is 48.7 Å². The maximum atomic E-state index is 13.7. The van der Waals surface area contributed by atoms with Crippen molar-refractivity contribution in [1.29, 1.82) is 0 Å². The molecule has 0 saturated heterocycles. The first-order valence-electron chi connectivity index (χ1n) is 14.5. The van der Waals surface area contributed by atoms with E-state index in [9.17, 15) is 14.4 Å². The van der Waals surface area contributed by atoms with Crippen LogP contribution in [-0.4, -0.2) is 60.5 Å². The number of anilines is 1. The lowest BCUT2D eigenvalue weighted by Gasteiger charge is -2.34. The number of esters is 1. The Hall–Kier alpha value is -4.44. The third-order valence-electron chi connectivity index (χ3n) is 8.11. The van der Waals surface area contributed by atoms with Gasteiger partial charge in [0.05, 0.1) is 44.5 Å². The first kappa shape index (κ1) is 31.0. The van der Waals surface area contributed by atoms with E-state index in [-0.39, 0.29) is 36.2 Å². The summed E-state index contributed by atoms with van der Waals surface area (Å²) in [6, 6.07) is 10.5. The molecule has 0 fully saturated rings. The smallest absolute Gasteiger partial charge is 0.309 e. The Bertz CT molecular complexity index is 1620. The standard InChI is InChI=1S/C33H35ClN4O6/c1-19-6-5-7-27(38-13-11-21(18-29(38)39)31-32(44-4)24(34)10-12-35-31)26-16-22(17-28(36-26)42-2)23-9-8-20(15-30(40)43-3)14-25(23)37-33(19)41/h8-10,12,14,16-19,27H,5-7,11,13,15H2,1-4H3,(H,37,41)/t19-,27+/m1/s1. The summed E-state index contributed by atoms with van der Waals surface area (Å²) >= 11 is 6.33. The largest absolute Gasteiger partial charge is 0.493 e. The minimum atomic E-state index is -0.374. The molecule has 2 aromatic heterocycles. The van der Waals surface area contributed by atoms with Gasteiger partial charge in [0.2, 0.25) is 17.7 Å². The zero-order chi connectivity index (χ0) is 31.4. The molecule has 2 bridgehead atoms. The third kappa shape index (κ3) is 6.55. The molecular weight excluding hydrogens is 584 g/mol. The highest BCUT2D eigenvalue weighted by atomic mass is 35.5. The molecule has 1 aromatic carbocycles. The molecule has 5 rings (SSSR count). The summed E-state index contributed by atoms with van der Waals surface area (Å²) in [5.74, 6) is -0.120. The van der Waals surface area contributed by atoms with Crippen molar-refractivity contribution in [2.24, 2.45) is 5.92 Å². The average Bonchev–Trinajstić information content (AvgIpc) is 3.02. The Kier molecular flexibility index (Phi) is 9.49. The Morgan fingerprint density at radius 2 is 1.91 bits per heavy atom. The number of methoxy groups -OCH3 is 3. The van der Waals surface area contributed by atoms with E-state index < -0.39 is 0 Å². The van der Waals surface area contributed by atoms with E-state index in [0.717, 1.165) is 16.7 Å². The molecule has 0 aliphatic carbocycles. The lowest BCUT2D eigenvalue weighted by atomic mass is 9.93. The summed E-state index contributed by atoms with van der Waals surface area (Å²) in [7, 11) is 4.42. The monoisotopic (exact) mass is 618 g/mol. The SMILES string of the molecule is COC(=O)Cc1ccc2c(c1)NC(=O)[C@H](C)CCC[C@H](N1CCC(c3nccc(Cl)c3OC)=CC1=O)c1cc-2cc(OC)n1. The van der Waals surface area contributed by atoms with Gasteiger partial charge in [0.15, 0.2) is 5.75 Å². The molecule has 2 atom stereocenters. The van der Waals surface area contributed by atoms with Crippen LogP contribution in [0.1, 0.15) is 55.6 Å². The van der Waals surface area contributed by atoms with Crippen molar-refractivity contribution in [3.05, 3.63) is 70.6 Å². The van der Waals surface area contributed by atoms with Gasteiger partial charge in [0.1, 0.15) is 5.69 Å². The van der Waals surface area contributed by atoms with E-state index in [4.69, 9.17) is 30.8 Å². The predicted octanol–water partition coefficient (Wildman–Crippen LogP) is 5.65. The van der Waals surface area contributed by atoms with Gasteiger partial charge in [-0.25, -0.2) is 4.98 Å². The van der Waals surface area contributed by atoms with Crippen molar-refractivity contribution >= 4 is 40.6 Å². The highest BCUT2D eigenvalue weighted by molar-refractivity contribution is 6.32. The van der Waals surface area contributed by atoms with Crippen LogP contribution in [0.3, 0.4) is 0 Å². The second-order valence-corrected chi connectivity index (χ2v) is 11.3. The Labute approximate surface area is 261 Å². The van der Waals surface area contributed by atoms with Gasteiger partial charge in [0.25, 0.3) is 0 Å². The molecule has 2 aliphatic heterocycles. The molecule has 11 heteroatoms. The van der Waals surface area contributed by atoms with E-state index in [1.807, 2.05) is 30.0 Å². The lowest BCUT2D eigenvalue weighted by Crippen LogP contribution is -2.38. The fraction of sp³-hybridized carbons (Fsp3) is 0.364. The van der Waals surface area contributed by atoms with Gasteiger partial charge in [-0.15, -0.1) is 0 Å². The lowest BCUT2D eigenvalue weighted by molar-refractivity contribution is -0.139. The van der Waals surface area contributed by atoms with E-state index in [0.29, 0.717) is 71.5 Å². The third-order valence-corrected chi connectivity index (χ3v) is 8.40. The summed E-state index contributed by atoms with van der Waals surface area (Å²) in [5, 5.41) is 3.50. The van der Waals surface area contributed by atoms with E-state index in [2.05, 4.69) is 10.3 Å². The molecule has 3 aromatic rings. The predicted molar refractivity (Wildman–Crippen MR) is 166 cm³/mol. The van der Waals surface area contributed by atoms with Crippen molar-refractivity contribution in [3.63, 3.8) is 0 Å². The minimum absolute atomic E-state index is 0.0748. The summed E-state index contributed by atoms with van der Waals surface area (Å²) in [4.78, 5) is 50.0. The topological polar surface area (TPSA) is 120 Å². The average molecular weight is 619 g/mol. The van der Waals surface area contributed by atoms with E-state index >= 15 is 0 Å². The number of carbonyl (C=O) groups excluding carboxylic acids is 3. The highest BCUT2D eigenvalue weighted by Gasteiger charge is 2.31. The van der Waals surface area contributed by atoms with Crippen LogP contribution in [0.25, 0.3) is 16.7 Å². The summed E-state index contributed by atoms with van der Waals surface area (Å²) in [5.41, 5.74) is 4.78. The van der Waals surface area contributed by atoms with Gasteiger partial charge in [-0.2, -0.15) is 0 Å². The van der Waals surface area contributed by atoms with Crippen molar-refractivity contribution in [2.75, 3.05) is 33.2 Å². The number of rotatable bonds is 6. The normalized spacial score (nSPS) is 18.7. The number of amides is 2. The number of nitrogens with one attached hydrogen (secondary N) is 1. The van der Waals surface area contributed by atoms with E-state index in [1.54, 1.807) is 37.6 Å². The molecule has 2 amide bonds. The first-order valence-corrected chi connectivity index (χ1v) is 14.9. The summed E-state index contributed by atoms with van der Waals surface area (Å²) < 4.78 is 15.9. The van der Waals surface area contributed by atoms with Gasteiger partial charge >= 0.3 is 5.97 Å². The van der Waals surface area contributed by atoms with Gasteiger partial charge in [0, 0.05) is 42.1 Å². The fourth-order valence-electron chi connectivity index (χ4n) is 5.72. The molecule has 4 heterocycles. The minimum Gasteiger partial charge on any atom is -0.493 e. The number of benzene rings is 1.